The molecule has 0 aliphatic rings. The summed E-state index contributed by atoms with van der Waals surface area (Å²) >= 11 is 0. The van der Waals surface area contributed by atoms with Crippen molar-refractivity contribution in [3.8, 4) is 0 Å². The van der Waals surface area contributed by atoms with Crippen molar-refractivity contribution in [3.05, 3.63) is 18.2 Å². The van der Waals surface area contributed by atoms with Crippen LogP contribution in [-0.2, 0) is 6.54 Å². The van der Waals surface area contributed by atoms with Gasteiger partial charge in [-0.15, -0.1) is 24.0 Å². The number of nitrogens with one attached hydrogen (secondary N) is 2. The van der Waals surface area contributed by atoms with Crippen molar-refractivity contribution in [2.45, 2.75) is 39.8 Å². The number of rotatable bonds is 7. The lowest BCUT2D eigenvalue weighted by Crippen LogP contribution is -2.37. The number of hydrogen-bond donors (Lipinski definition) is 2. The van der Waals surface area contributed by atoms with Crippen LogP contribution in [0.1, 0.15) is 39.1 Å². The summed E-state index contributed by atoms with van der Waals surface area (Å²) in [4.78, 5) is 8.13. The van der Waals surface area contributed by atoms with Gasteiger partial charge in [0.25, 0.3) is 0 Å². The van der Waals surface area contributed by atoms with Crippen LogP contribution in [0.4, 0.5) is 8.78 Å². The third-order valence-electron chi connectivity index (χ3n) is 2.50. The van der Waals surface area contributed by atoms with Gasteiger partial charge in [0, 0.05) is 25.5 Å². The molecule has 1 heterocycles. The second-order valence-electron chi connectivity index (χ2n) is 4.00. The van der Waals surface area contributed by atoms with Gasteiger partial charge in [-0.2, -0.15) is 8.78 Å². The molecule has 2 N–H and O–H groups in total. The van der Waals surface area contributed by atoms with E-state index in [1.165, 1.54) is 12.4 Å². The van der Waals surface area contributed by atoms with Crippen molar-refractivity contribution in [1.82, 2.24) is 20.2 Å². The molecule has 0 fully saturated rings. The standard InChI is InChI=1S/C12H21F2N5.HI/c1-3-5-6-17-12(15-4-2)18-9-10-16-7-8-19(10)11(13)14;/h7-8,11H,3-6,9H2,1-2H3,(H2,15,17,18);1H. The molecule has 0 spiro atoms. The number of hydrogen-bond acceptors (Lipinski definition) is 2. The van der Waals surface area contributed by atoms with Gasteiger partial charge in [0.05, 0.1) is 0 Å². The first-order valence-electron chi connectivity index (χ1n) is 6.51. The maximum atomic E-state index is 12.6. The maximum absolute atomic E-state index is 12.6. The van der Waals surface area contributed by atoms with Crippen LogP contribution in [0.5, 0.6) is 0 Å². The summed E-state index contributed by atoms with van der Waals surface area (Å²) in [5.41, 5.74) is 0. The molecule has 0 saturated carbocycles. The van der Waals surface area contributed by atoms with E-state index < -0.39 is 6.55 Å². The molecule has 0 bridgehead atoms. The molecule has 0 amide bonds. The van der Waals surface area contributed by atoms with Gasteiger partial charge in [-0.1, -0.05) is 13.3 Å². The molecule has 116 valence electrons. The largest absolute Gasteiger partial charge is 0.357 e. The van der Waals surface area contributed by atoms with E-state index >= 15 is 0 Å². The molecule has 0 unspecified atom stereocenters. The van der Waals surface area contributed by atoms with Gasteiger partial charge in [-0.3, -0.25) is 4.57 Å². The lowest BCUT2D eigenvalue weighted by Gasteiger charge is -2.11. The second kappa shape index (κ2) is 10.8. The van der Waals surface area contributed by atoms with E-state index in [-0.39, 0.29) is 36.3 Å². The summed E-state index contributed by atoms with van der Waals surface area (Å²) in [5, 5.41) is 6.21. The lowest BCUT2D eigenvalue weighted by molar-refractivity contribution is 0.0671. The lowest BCUT2D eigenvalue weighted by atomic mass is 10.3. The number of nitrogens with zero attached hydrogens (tertiary/aromatic N) is 3. The number of guanidine groups is 1. The first-order valence-corrected chi connectivity index (χ1v) is 6.51. The van der Waals surface area contributed by atoms with Crippen LogP contribution in [0.3, 0.4) is 0 Å². The van der Waals surface area contributed by atoms with Gasteiger partial charge in [-0.25, -0.2) is 9.98 Å². The number of halogens is 3. The summed E-state index contributed by atoms with van der Waals surface area (Å²) in [6.45, 7) is 3.14. The van der Waals surface area contributed by atoms with Crippen LogP contribution in [0, 0.1) is 0 Å². The Hall–Kier alpha value is -0.930. The van der Waals surface area contributed by atoms with Crippen molar-refractivity contribution < 1.29 is 8.78 Å². The first kappa shape index (κ1) is 19.1. The number of alkyl halides is 2. The Morgan fingerprint density at radius 1 is 1.40 bits per heavy atom. The number of aliphatic imine (C=N–C) groups is 1. The first-order chi connectivity index (χ1) is 9.19. The highest BCUT2D eigenvalue weighted by Gasteiger charge is 2.10. The molecule has 0 saturated heterocycles. The average Bonchev–Trinajstić information content (AvgIpc) is 2.84. The molecule has 0 aromatic carbocycles. The molecule has 0 aliphatic heterocycles. The van der Waals surface area contributed by atoms with E-state index in [2.05, 4.69) is 27.5 Å². The van der Waals surface area contributed by atoms with E-state index in [4.69, 9.17) is 0 Å². The van der Waals surface area contributed by atoms with Crippen molar-refractivity contribution in [1.29, 1.82) is 0 Å². The minimum absolute atomic E-state index is 0. The number of aromatic nitrogens is 2. The fourth-order valence-corrected chi connectivity index (χ4v) is 1.52. The van der Waals surface area contributed by atoms with Gasteiger partial charge in [0.15, 0.2) is 5.96 Å². The zero-order chi connectivity index (χ0) is 14.1. The smallest absolute Gasteiger partial charge is 0.319 e. The Labute approximate surface area is 135 Å². The molecule has 0 radical (unpaired) electrons. The van der Waals surface area contributed by atoms with Crippen molar-refractivity contribution in [3.63, 3.8) is 0 Å². The second-order valence-corrected chi connectivity index (χ2v) is 4.00. The zero-order valence-electron chi connectivity index (χ0n) is 11.8. The van der Waals surface area contributed by atoms with Gasteiger partial charge in [0.2, 0.25) is 0 Å². The molecular weight excluding hydrogens is 379 g/mol. The molecule has 1 aromatic heterocycles. The minimum Gasteiger partial charge on any atom is -0.357 e. The Morgan fingerprint density at radius 3 is 2.75 bits per heavy atom. The molecule has 0 atom stereocenters. The molecule has 0 aliphatic carbocycles. The normalized spacial score (nSPS) is 11.3. The van der Waals surface area contributed by atoms with Crippen molar-refractivity contribution in [2.24, 2.45) is 4.99 Å². The molecule has 20 heavy (non-hydrogen) atoms. The third-order valence-corrected chi connectivity index (χ3v) is 2.50. The fraction of sp³-hybridized carbons (Fsp3) is 0.667. The van der Waals surface area contributed by atoms with Crippen LogP contribution in [0.2, 0.25) is 0 Å². The highest BCUT2D eigenvalue weighted by atomic mass is 127. The van der Waals surface area contributed by atoms with Crippen molar-refractivity contribution >= 4 is 29.9 Å². The summed E-state index contributed by atoms with van der Waals surface area (Å²) in [5.74, 6) is 0.877. The monoisotopic (exact) mass is 401 g/mol. The number of imidazole rings is 1. The van der Waals surface area contributed by atoms with Crippen LogP contribution in [0.15, 0.2) is 17.4 Å². The summed E-state index contributed by atoms with van der Waals surface area (Å²) in [7, 11) is 0. The Kier molecular flexibility index (Phi) is 10.3. The molecule has 1 aromatic rings. The maximum Gasteiger partial charge on any atom is 0.319 e. The SMILES string of the molecule is CCCCNC(=NCc1nccn1C(F)F)NCC.I. The quantitative estimate of drug-likeness (QED) is 0.320. The summed E-state index contributed by atoms with van der Waals surface area (Å²) < 4.78 is 26.1. The minimum atomic E-state index is -2.58. The highest BCUT2D eigenvalue weighted by Crippen LogP contribution is 2.12. The van der Waals surface area contributed by atoms with Crippen LogP contribution in [-0.4, -0.2) is 28.6 Å². The molecule has 8 heteroatoms. The molecule has 1 rings (SSSR count). The van der Waals surface area contributed by atoms with E-state index in [9.17, 15) is 8.78 Å². The van der Waals surface area contributed by atoms with Gasteiger partial charge in [0.1, 0.15) is 12.4 Å². The molecule has 5 nitrogen and oxygen atoms in total. The summed E-state index contributed by atoms with van der Waals surface area (Å²) in [6, 6.07) is 0. The Balaban J connectivity index is 0.00000361. The fourth-order valence-electron chi connectivity index (χ4n) is 1.52. The van der Waals surface area contributed by atoms with Gasteiger partial charge < -0.3 is 10.6 Å². The Bertz CT molecular complexity index is 395. The van der Waals surface area contributed by atoms with Crippen LogP contribution < -0.4 is 10.6 Å². The third kappa shape index (κ3) is 6.49. The van der Waals surface area contributed by atoms with Gasteiger partial charge >= 0.3 is 6.55 Å². The van der Waals surface area contributed by atoms with E-state index in [0.717, 1.165) is 30.5 Å². The van der Waals surface area contributed by atoms with Crippen LogP contribution >= 0.6 is 24.0 Å². The summed E-state index contributed by atoms with van der Waals surface area (Å²) in [6.07, 6.45) is 4.74. The van der Waals surface area contributed by atoms with E-state index in [1.54, 1.807) is 0 Å². The highest BCUT2D eigenvalue weighted by molar-refractivity contribution is 14.0. The predicted molar refractivity (Wildman–Crippen MR) is 86.6 cm³/mol. The van der Waals surface area contributed by atoms with E-state index in [0.29, 0.717) is 5.96 Å². The Morgan fingerprint density at radius 2 is 2.15 bits per heavy atom. The van der Waals surface area contributed by atoms with Gasteiger partial charge in [-0.05, 0) is 13.3 Å². The average molecular weight is 401 g/mol. The molecular formula is C12H22F2IN5. The van der Waals surface area contributed by atoms with Crippen LogP contribution in [0.25, 0.3) is 0 Å². The van der Waals surface area contributed by atoms with E-state index in [1.807, 2.05) is 6.92 Å². The topological polar surface area (TPSA) is 54.2 Å². The predicted octanol–water partition coefficient (Wildman–Crippen LogP) is 2.75. The zero-order valence-corrected chi connectivity index (χ0v) is 14.1. The van der Waals surface area contributed by atoms with Crippen molar-refractivity contribution in [2.75, 3.05) is 13.1 Å². The number of unbranched alkanes of at least 4 members (excludes halogenated alkanes) is 1.